The van der Waals surface area contributed by atoms with Crippen LogP contribution in [0.15, 0.2) is 52.5 Å². The highest BCUT2D eigenvalue weighted by atomic mass is 32.1. The van der Waals surface area contributed by atoms with Gasteiger partial charge in [-0.05, 0) is 46.1 Å². The molecule has 8 heteroatoms. The second kappa shape index (κ2) is 5.57. The number of rotatable bonds is 5. The molecule has 0 radical (unpaired) electrons. The number of hydrogen-bond acceptors (Lipinski definition) is 7. The van der Waals surface area contributed by atoms with Crippen LogP contribution < -0.4 is 4.90 Å². The van der Waals surface area contributed by atoms with Gasteiger partial charge in [0.2, 0.25) is 0 Å². The van der Waals surface area contributed by atoms with Crippen LogP contribution in [0.2, 0.25) is 0 Å². The van der Waals surface area contributed by atoms with Crippen LogP contribution in [-0.2, 0) is 13.1 Å². The molecule has 4 aromatic heterocycles. The summed E-state index contributed by atoms with van der Waals surface area (Å²) < 4.78 is 6.89. The summed E-state index contributed by atoms with van der Waals surface area (Å²) >= 11 is 1.72. The number of hydrogen-bond donors (Lipinski definition) is 0. The van der Waals surface area contributed by atoms with Gasteiger partial charge in [-0.2, -0.15) is 0 Å². The lowest BCUT2D eigenvalue weighted by molar-refractivity contribution is 0.500. The highest BCUT2D eigenvalue weighted by molar-refractivity contribution is 7.09. The molecule has 4 heterocycles. The molecule has 0 N–H and O–H groups in total. The molecule has 4 aromatic rings. The molecular weight excluding hydrogens is 300 g/mol. The van der Waals surface area contributed by atoms with Gasteiger partial charge in [0.15, 0.2) is 11.5 Å². The average molecular weight is 312 g/mol. The summed E-state index contributed by atoms with van der Waals surface area (Å²) in [6, 6.07) is 11.8. The molecule has 22 heavy (non-hydrogen) atoms. The predicted octanol–water partition coefficient (Wildman–Crippen LogP) is 2.38. The summed E-state index contributed by atoms with van der Waals surface area (Å²) in [5.41, 5.74) is 0.623. The minimum Gasteiger partial charge on any atom is -0.467 e. The van der Waals surface area contributed by atoms with Crippen LogP contribution in [-0.4, -0.2) is 25.3 Å². The monoisotopic (exact) mass is 312 g/mol. The van der Waals surface area contributed by atoms with Crippen molar-refractivity contribution in [2.45, 2.75) is 13.1 Å². The van der Waals surface area contributed by atoms with E-state index in [2.05, 4.69) is 37.0 Å². The SMILES string of the molecule is c1coc(CN(Cc2cccs2)c2ccc3nnnn3n2)c1. The molecule has 0 spiro atoms. The molecule has 110 valence electrons. The summed E-state index contributed by atoms with van der Waals surface area (Å²) in [5.74, 6) is 1.68. The van der Waals surface area contributed by atoms with E-state index in [0.29, 0.717) is 12.2 Å². The molecule has 7 nitrogen and oxygen atoms in total. The van der Waals surface area contributed by atoms with Crippen LogP contribution in [0.4, 0.5) is 5.82 Å². The molecule has 0 bridgehead atoms. The predicted molar refractivity (Wildman–Crippen MR) is 81.5 cm³/mol. The Hall–Kier alpha value is -2.74. The number of nitrogens with zero attached hydrogens (tertiary/aromatic N) is 6. The second-order valence-electron chi connectivity index (χ2n) is 4.73. The number of fused-ring (bicyclic) bond motifs is 1. The third-order valence-electron chi connectivity index (χ3n) is 3.23. The molecule has 0 fully saturated rings. The summed E-state index contributed by atoms with van der Waals surface area (Å²) in [7, 11) is 0. The first kappa shape index (κ1) is 13.0. The Morgan fingerprint density at radius 2 is 2.14 bits per heavy atom. The van der Waals surface area contributed by atoms with Crippen LogP contribution in [0.25, 0.3) is 5.65 Å². The van der Waals surface area contributed by atoms with Gasteiger partial charge in [0.05, 0.1) is 19.4 Å². The van der Waals surface area contributed by atoms with E-state index >= 15 is 0 Å². The van der Waals surface area contributed by atoms with Crippen molar-refractivity contribution < 1.29 is 4.42 Å². The van der Waals surface area contributed by atoms with E-state index in [0.717, 1.165) is 18.1 Å². The Kier molecular flexibility index (Phi) is 3.28. The minimum atomic E-state index is 0.623. The third kappa shape index (κ3) is 2.56. The number of aromatic nitrogens is 5. The van der Waals surface area contributed by atoms with E-state index < -0.39 is 0 Å². The molecule has 0 aromatic carbocycles. The van der Waals surface area contributed by atoms with E-state index in [9.17, 15) is 0 Å². The largest absolute Gasteiger partial charge is 0.467 e. The highest BCUT2D eigenvalue weighted by Gasteiger charge is 2.13. The van der Waals surface area contributed by atoms with Gasteiger partial charge < -0.3 is 9.32 Å². The van der Waals surface area contributed by atoms with Crippen molar-refractivity contribution >= 4 is 22.8 Å². The van der Waals surface area contributed by atoms with Crippen molar-refractivity contribution in [2.24, 2.45) is 0 Å². The number of tetrazole rings is 1. The second-order valence-corrected chi connectivity index (χ2v) is 5.77. The summed E-state index contributed by atoms with van der Waals surface area (Å²) in [5, 5.41) is 17.9. The van der Waals surface area contributed by atoms with Crippen LogP contribution in [0, 0.1) is 0 Å². The number of anilines is 1. The van der Waals surface area contributed by atoms with Crippen molar-refractivity contribution in [2.75, 3.05) is 4.90 Å². The lowest BCUT2D eigenvalue weighted by Crippen LogP contribution is -2.23. The lowest BCUT2D eigenvalue weighted by atomic mass is 10.3. The van der Waals surface area contributed by atoms with Crippen molar-refractivity contribution in [1.82, 2.24) is 25.3 Å². The molecule has 0 amide bonds. The quantitative estimate of drug-likeness (QED) is 0.563. The average Bonchev–Trinajstić information content (AvgIpc) is 3.28. The van der Waals surface area contributed by atoms with Crippen LogP contribution >= 0.6 is 11.3 Å². The molecule has 0 aliphatic rings. The topological polar surface area (TPSA) is 72.4 Å². The molecule has 0 saturated heterocycles. The van der Waals surface area contributed by atoms with E-state index in [1.54, 1.807) is 17.6 Å². The van der Waals surface area contributed by atoms with Crippen molar-refractivity contribution in [3.8, 4) is 0 Å². The van der Waals surface area contributed by atoms with Gasteiger partial charge in [0, 0.05) is 4.88 Å². The van der Waals surface area contributed by atoms with Gasteiger partial charge in [-0.15, -0.1) is 26.2 Å². The van der Waals surface area contributed by atoms with E-state index in [1.165, 1.54) is 9.51 Å². The zero-order valence-corrected chi connectivity index (χ0v) is 12.3. The fraction of sp³-hybridized carbons (Fsp3) is 0.143. The molecule has 0 saturated carbocycles. The molecule has 0 aliphatic heterocycles. The zero-order chi connectivity index (χ0) is 14.8. The Morgan fingerprint density at radius 3 is 2.95 bits per heavy atom. The molecule has 0 atom stereocenters. The van der Waals surface area contributed by atoms with Crippen molar-refractivity contribution in [3.63, 3.8) is 0 Å². The molecule has 0 aliphatic carbocycles. The normalized spacial score (nSPS) is 11.1. The third-order valence-corrected chi connectivity index (χ3v) is 4.09. The van der Waals surface area contributed by atoms with Crippen LogP contribution in [0.5, 0.6) is 0 Å². The maximum Gasteiger partial charge on any atom is 0.200 e. The van der Waals surface area contributed by atoms with Gasteiger partial charge in [0.25, 0.3) is 0 Å². The smallest absolute Gasteiger partial charge is 0.200 e. The van der Waals surface area contributed by atoms with Gasteiger partial charge >= 0.3 is 0 Å². The first-order chi connectivity index (χ1) is 10.9. The standard InChI is InChI=1S/C14H12N6OS/c1-3-11(21-7-1)9-19(10-12-4-2-8-22-12)14-6-5-13-15-17-18-20(13)16-14/h1-8H,9-10H2. The molecule has 0 unspecified atom stereocenters. The van der Waals surface area contributed by atoms with E-state index in [4.69, 9.17) is 4.42 Å². The Bertz CT molecular complexity index is 818. The summed E-state index contributed by atoms with van der Waals surface area (Å²) in [4.78, 5) is 3.39. The van der Waals surface area contributed by atoms with Gasteiger partial charge in [0.1, 0.15) is 5.76 Å². The Labute approximate surface area is 129 Å². The Balaban J connectivity index is 1.68. The molecule has 4 rings (SSSR count). The van der Waals surface area contributed by atoms with Gasteiger partial charge in [-0.25, -0.2) is 0 Å². The maximum absolute atomic E-state index is 5.46. The zero-order valence-electron chi connectivity index (χ0n) is 11.5. The van der Waals surface area contributed by atoms with Crippen molar-refractivity contribution in [3.05, 3.63) is 58.7 Å². The van der Waals surface area contributed by atoms with E-state index in [-0.39, 0.29) is 0 Å². The number of thiophene rings is 1. The first-order valence-electron chi connectivity index (χ1n) is 6.74. The molecular formula is C14H12N6OS. The maximum atomic E-state index is 5.46. The van der Waals surface area contributed by atoms with Crippen molar-refractivity contribution in [1.29, 1.82) is 0 Å². The van der Waals surface area contributed by atoms with Crippen LogP contribution in [0.1, 0.15) is 10.6 Å². The Morgan fingerprint density at radius 1 is 1.14 bits per heavy atom. The first-order valence-corrected chi connectivity index (χ1v) is 7.61. The summed E-state index contributed by atoms with van der Waals surface area (Å²) in [6.45, 7) is 1.38. The van der Waals surface area contributed by atoms with Gasteiger partial charge in [-0.1, -0.05) is 6.07 Å². The highest BCUT2D eigenvalue weighted by Crippen LogP contribution is 2.20. The lowest BCUT2D eigenvalue weighted by Gasteiger charge is -2.21. The number of furan rings is 1. The van der Waals surface area contributed by atoms with Gasteiger partial charge in [-0.3, -0.25) is 0 Å². The van der Waals surface area contributed by atoms with Crippen LogP contribution in [0.3, 0.4) is 0 Å². The fourth-order valence-corrected chi connectivity index (χ4v) is 2.93. The summed E-state index contributed by atoms with van der Waals surface area (Å²) in [6.07, 6.45) is 1.68. The fourth-order valence-electron chi connectivity index (χ4n) is 2.21. The minimum absolute atomic E-state index is 0.623. The van der Waals surface area contributed by atoms with E-state index in [1.807, 2.05) is 30.3 Å².